The molecule has 0 bridgehead atoms. The summed E-state index contributed by atoms with van der Waals surface area (Å²) >= 11 is 5.99. The molecule has 0 atom stereocenters. The van der Waals surface area contributed by atoms with Gasteiger partial charge in [-0.2, -0.15) is 0 Å². The summed E-state index contributed by atoms with van der Waals surface area (Å²) in [4.78, 5) is 25.7. The minimum atomic E-state index is -0.541. The van der Waals surface area contributed by atoms with E-state index < -0.39 is 4.92 Å². The fraction of sp³-hybridized carbons (Fsp3) is 0. The van der Waals surface area contributed by atoms with Crippen molar-refractivity contribution < 1.29 is 14.1 Å². The molecular weight excluding hydrogens is 334 g/mol. The van der Waals surface area contributed by atoms with Crippen LogP contribution in [0.3, 0.4) is 0 Å². The predicted molar refractivity (Wildman–Crippen MR) is 89.8 cm³/mol. The van der Waals surface area contributed by atoms with Crippen molar-refractivity contribution in [2.75, 3.05) is 5.32 Å². The number of allylic oxidation sites excluding steroid dienone is 1. The van der Waals surface area contributed by atoms with E-state index in [4.69, 9.17) is 16.0 Å². The lowest BCUT2D eigenvalue weighted by Crippen LogP contribution is -1.95. The number of benzene rings is 2. The summed E-state index contributed by atoms with van der Waals surface area (Å²) in [7, 11) is 0. The van der Waals surface area contributed by atoms with E-state index in [1.807, 2.05) is 6.07 Å². The zero-order valence-electron chi connectivity index (χ0n) is 12.1. The van der Waals surface area contributed by atoms with E-state index in [0.29, 0.717) is 23.1 Å². The van der Waals surface area contributed by atoms with Crippen LogP contribution in [0.15, 0.2) is 53.1 Å². The fourth-order valence-electron chi connectivity index (χ4n) is 2.03. The molecule has 0 fully saturated rings. The molecule has 1 N–H and O–H groups in total. The minimum absolute atomic E-state index is 0.121. The first-order valence-corrected chi connectivity index (χ1v) is 7.18. The number of oxazole rings is 1. The lowest BCUT2D eigenvalue weighted by atomic mass is 10.2. The van der Waals surface area contributed by atoms with Gasteiger partial charge in [0.2, 0.25) is 5.89 Å². The molecule has 3 rings (SSSR count). The molecule has 3 aromatic rings. The third-order valence-electron chi connectivity index (χ3n) is 3.21. The van der Waals surface area contributed by atoms with E-state index in [1.165, 1.54) is 24.4 Å². The van der Waals surface area contributed by atoms with E-state index >= 15 is 0 Å². The summed E-state index contributed by atoms with van der Waals surface area (Å²) in [6.45, 7) is 0. The van der Waals surface area contributed by atoms with Gasteiger partial charge in [-0.3, -0.25) is 14.9 Å². The Balaban J connectivity index is 1.88. The molecule has 0 aliphatic rings. The monoisotopic (exact) mass is 343 g/mol. The number of fused-ring (bicyclic) bond motifs is 1. The summed E-state index contributed by atoms with van der Waals surface area (Å²) in [6.07, 6.45) is 1.97. The number of nitro groups is 1. The van der Waals surface area contributed by atoms with Crippen LogP contribution in [-0.2, 0) is 4.79 Å². The number of nitro benzene ring substituents is 1. The lowest BCUT2D eigenvalue weighted by Gasteiger charge is -2.04. The highest BCUT2D eigenvalue weighted by atomic mass is 35.5. The second-order valence-corrected chi connectivity index (χ2v) is 5.18. The Morgan fingerprint density at radius 2 is 2.08 bits per heavy atom. The Kier molecular flexibility index (Phi) is 4.26. The fourth-order valence-corrected chi connectivity index (χ4v) is 2.26. The summed E-state index contributed by atoms with van der Waals surface area (Å²) in [5.41, 5.74) is 1.67. The number of hydrogen-bond donors (Lipinski definition) is 1. The molecule has 1 heterocycles. The van der Waals surface area contributed by atoms with Crippen molar-refractivity contribution in [2.24, 2.45) is 0 Å². The van der Waals surface area contributed by atoms with Crippen molar-refractivity contribution in [3.63, 3.8) is 0 Å². The Bertz CT molecular complexity index is 932. The predicted octanol–water partition coefficient (Wildman–Crippen LogP) is 4.04. The maximum absolute atomic E-state index is 11.3. The van der Waals surface area contributed by atoms with Crippen LogP contribution < -0.4 is 5.32 Å². The number of aromatic nitrogens is 1. The maximum Gasteiger partial charge on any atom is 0.271 e. The zero-order valence-corrected chi connectivity index (χ0v) is 12.9. The highest BCUT2D eigenvalue weighted by molar-refractivity contribution is 6.33. The highest BCUT2D eigenvalue weighted by Gasteiger charge is 2.12. The standard InChI is InChI=1S/C16H10ClN3O4/c17-12-7-11(20(22)23)5-6-13(12)18-8-10(9-21)16-19-14-3-1-2-4-15(14)24-16/h1-9,18H/b10-8+. The molecule has 7 nitrogen and oxygen atoms in total. The molecule has 0 aliphatic carbocycles. The van der Waals surface area contributed by atoms with Gasteiger partial charge in [-0.1, -0.05) is 23.7 Å². The molecule has 0 aliphatic heterocycles. The van der Waals surface area contributed by atoms with Gasteiger partial charge in [-0.05, 0) is 18.2 Å². The number of hydrogen-bond acceptors (Lipinski definition) is 6. The summed E-state index contributed by atoms with van der Waals surface area (Å²) in [5.74, 6) is 0.164. The van der Waals surface area contributed by atoms with Crippen LogP contribution in [0.5, 0.6) is 0 Å². The average Bonchev–Trinajstić information content (AvgIpc) is 3.00. The number of aldehydes is 1. The first kappa shape index (κ1) is 15.7. The van der Waals surface area contributed by atoms with Crippen molar-refractivity contribution >= 4 is 45.9 Å². The number of nitrogens with zero attached hydrogens (tertiary/aromatic N) is 2. The Morgan fingerprint density at radius 3 is 2.75 bits per heavy atom. The van der Waals surface area contributed by atoms with Crippen LogP contribution >= 0.6 is 11.6 Å². The Labute approximate surface area is 140 Å². The van der Waals surface area contributed by atoms with Crippen molar-refractivity contribution in [3.8, 4) is 0 Å². The van der Waals surface area contributed by atoms with Crippen molar-refractivity contribution in [1.82, 2.24) is 4.98 Å². The summed E-state index contributed by atoms with van der Waals surface area (Å²) in [5, 5.41) is 13.7. The van der Waals surface area contributed by atoms with Crippen LogP contribution in [0.25, 0.3) is 16.7 Å². The first-order valence-electron chi connectivity index (χ1n) is 6.80. The van der Waals surface area contributed by atoms with Gasteiger partial charge in [0, 0.05) is 18.3 Å². The smallest absolute Gasteiger partial charge is 0.271 e. The number of halogens is 1. The number of carbonyl (C=O) groups is 1. The number of rotatable bonds is 5. The van der Waals surface area contributed by atoms with Gasteiger partial charge < -0.3 is 9.73 Å². The second kappa shape index (κ2) is 6.51. The number of para-hydroxylation sites is 2. The van der Waals surface area contributed by atoms with Gasteiger partial charge in [0.25, 0.3) is 5.69 Å². The van der Waals surface area contributed by atoms with E-state index in [2.05, 4.69) is 10.3 Å². The van der Waals surface area contributed by atoms with Gasteiger partial charge in [-0.15, -0.1) is 0 Å². The number of carbonyl (C=O) groups excluding carboxylic acids is 1. The maximum atomic E-state index is 11.3. The SMILES string of the molecule is O=C/C(=C\Nc1ccc([N+](=O)[O-])cc1Cl)c1nc2ccccc2o1. The van der Waals surface area contributed by atoms with E-state index in [1.54, 1.807) is 18.2 Å². The normalized spacial score (nSPS) is 11.5. The second-order valence-electron chi connectivity index (χ2n) is 4.77. The molecule has 0 saturated heterocycles. The molecule has 0 radical (unpaired) electrons. The van der Waals surface area contributed by atoms with E-state index in [9.17, 15) is 14.9 Å². The quantitative estimate of drug-likeness (QED) is 0.325. The third-order valence-corrected chi connectivity index (χ3v) is 3.53. The van der Waals surface area contributed by atoms with Crippen LogP contribution in [0.2, 0.25) is 5.02 Å². The number of non-ortho nitro benzene ring substituents is 1. The lowest BCUT2D eigenvalue weighted by molar-refractivity contribution is -0.384. The van der Waals surface area contributed by atoms with Crippen LogP contribution in [-0.4, -0.2) is 16.2 Å². The topological polar surface area (TPSA) is 98.3 Å². The molecule has 24 heavy (non-hydrogen) atoms. The van der Waals surface area contributed by atoms with Crippen molar-refractivity contribution in [1.29, 1.82) is 0 Å². The van der Waals surface area contributed by atoms with Crippen molar-refractivity contribution in [3.05, 3.63) is 69.7 Å². The molecule has 120 valence electrons. The number of nitrogens with one attached hydrogen (secondary N) is 1. The van der Waals surface area contributed by atoms with Crippen LogP contribution in [0.4, 0.5) is 11.4 Å². The van der Waals surface area contributed by atoms with Gasteiger partial charge in [0.15, 0.2) is 11.9 Å². The van der Waals surface area contributed by atoms with E-state index in [-0.39, 0.29) is 22.2 Å². The molecule has 8 heteroatoms. The number of anilines is 1. The molecule has 0 unspecified atom stereocenters. The summed E-state index contributed by atoms with van der Waals surface area (Å²) < 4.78 is 5.52. The molecular formula is C16H10ClN3O4. The average molecular weight is 344 g/mol. The molecule has 0 amide bonds. The van der Waals surface area contributed by atoms with Crippen molar-refractivity contribution in [2.45, 2.75) is 0 Å². The molecule has 2 aromatic carbocycles. The summed E-state index contributed by atoms with van der Waals surface area (Å²) in [6, 6.07) is 11.1. The van der Waals surface area contributed by atoms with Gasteiger partial charge in [-0.25, -0.2) is 4.98 Å². The highest BCUT2D eigenvalue weighted by Crippen LogP contribution is 2.27. The van der Waals surface area contributed by atoms with Gasteiger partial charge >= 0.3 is 0 Å². The molecule has 1 aromatic heterocycles. The molecule has 0 spiro atoms. The van der Waals surface area contributed by atoms with Crippen LogP contribution in [0.1, 0.15) is 5.89 Å². The zero-order chi connectivity index (χ0) is 17.1. The largest absolute Gasteiger partial charge is 0.436 e. The Morgan fingerprint density at radius 1 is 1.29 bits per heavy atom. The minimum Gasteiger partial charge on any atom is -0.436 e. The third kappa shape index (κ3) is 3.11. The Hall–Kier alpha value is -3.19. The molecule has 0 saturated carbocycles. The van der Waals surface area contributed by atoms with Gasteiger partial charge in [0.1, 0.15) is 5.52 Å². The van der Waals surface area contributed by atoms with E-state index in [0.717, 1.165) is 0 Å². The van der Waals surface area contributed by atoms with Crippen LogP contribution in [0, 0.1) is 10.1 Å². The first-order chi connectivity index (χ1) is 11.6. The van der Waals surface area contributed by atoms with Gasteiger partial charge in [0.05, 0.1) is 21.2 Å².